The summed E-state index contributed by atoms with van der Waals surface area (Å²) in [6.45, 7) is 17.9. The van der Waals surface area contributed by atoms with Crippen molar-refractivity contribution in [3.05, 3.63) is 0 Å². The molecule has 5 atom stereocenters. The lowest BCUT2D eigenvalue weighted by Crippen LogP contribution is -2.66. The highest BCUT2D eigenvalue weighted by molar-refractivity contribution is 6.93. The lowest BCUT2D eigenvalue weighted by Gasteiger charge is -2.49. The number of rotatable bonds is 27. The van der Waals surface area contributed by atoms with E-state index in [1.807, 2.05) is 0 Å². The van der Waals surface area contributed by atoms with Gasteiger partial charge in [-0.2, -0.15) is 0 Å². The van der Waals surface area contributed by atoms with E-state index in [0.29, 0.717) is 38.6 Å². The van der Waals surface area contributed by atoms with E-state index in [0.717, 1.165) is 50.6 Å². The van der Waals surface area contributed by atoms with Crippen LogP contribution in [-0.4, -0.2) is 86.1 Å². The number of ether oxygens (including phenoxy) is 4. The summed E-state index contributed by atoms with van der Waals surface area (Å²) in [4.78, 5) is 0. The molecule has 0 bridgehead atoms. The van der Waals surface area contributed by atoms with Crippen LogP contribution >= 0.6 is 0 Å². The van der Waals surface area contributed by atoms with Crippen LogP contribution in [0.4, 0.5) is 0 Å². The first kappa shape index (κ1) is 40.0. The molecule has 0 spiro atoms. The predicted molar refractivity (Wildman–Crippen MR) is 192 cm³/mol. The Morgan fingerprint density at radius 3 is 1.18 bits per heavy atom. The Hall–Kier alpha value is 0.548. The lowest BCUT2D eigenvalue weighted by molar-refractivity contribution is 0.114. The fraction of sp³-hybridized carbons (Fsp3) is 1.00. The van der Waals surface area contributed by atoms with Gasteiger partial charge in [-0.05, 0) is 63.7 Å². The summed E-state index contributed by atoms with van der Waals surface area (Å²) < 4.78 is 50.7. The topological polar surface area (TPSA) is 80.4 Å². The Labute approximate surface area is 281 Å². The van der Waals surface area contributed by atoms with Crippen LogP contribution in [0.25, 0.3) is 0 Å². The average Bonchev–Trinajstić information content (AvgIpc) is 3.87. The normalized spacial score (nSPS) is 31.1. The second-order valence-electron chi connectivity index (χ2n) is 14.8. The Bertz CT molecular complexity index is 790. The van der Waals surface area contributed by atoms with E-state index in [1.165, 1.54) is 83.5 Å². The van der Waals surface area contributed by atoms with Crippen LogP contribution < -0.4 is 0 Å². The highest BCUT2D eigenvalue weighted by Crippen LogP contribution is 2.37. The Morgan fingerprint density at radius 1 is 0.467 bits per heavy atom. The molecule has 12 heteroatoms. The van der Waals surface area contributed by atoms with Crippen molar-refractivity contribution in [2.24, 2.45) is 0 Å². The summed E-state index contributed by atoms with van der Waals surface area (Å²) in [7, 11) is -10.0. The number of hydrogen-bond donors (Lipinski definition) is 0. The van der Waals surface area contributed by atoms with Crippen LogP contribution in [0, 0.1) is 0 Å². The third kappa shape index (κ3) is 18.8. The largest absolute Gasteiger partial charge is 0.416 e. The Balaban J connectivity index is 1.42. The number of hydrogen-bond acceptors (Lipinski definition) is 8. The molecule has 5 unspecified atom stereocenters. The van der Waals surface area contributed by atoms with Gasteiger partial charge in [0.25, 0.3) is 0 Å². The van der Waals surface area contributed by atoms with Crippen LogP contribution in [0.15, 0.2) is 0 Å². The standard InChI is InChI=1S/C33H70O8Si4/c1-7-8-9-10-11-12-13-14-15-16-17-18-19-20-25-43(4)38-42(2,3)39-44(5,26-21-23-34-28-32-30-36-32)41-45(6,40-43)27-22-24-35-29-33-31-37-33/h32-33H,7-31H2,1-6H3. The van der Waals surface area contributed by atoms with Gasteiger partial charge in [0.2, 0.25) is 0 Å². The molecule has 0 aromatic heterocycles. The molecule has 3 saturated heterocycles. The van der Waals surface area contributed by atoms with Crippen molar-refractivity contribution in [2.45, 2.75) is 173 Å². The van der Waals surface area contributed by atoms with Crippen molar-refractivity contribution in [2.75, 3.05) is 39.6 Å². The highest BCUT2D eigenvalue weighted by atomic mass is 28.5. The summed E-state index contributed by atoms with van der Waals surface area (Å²) >= 11 is 0. The summed E-state index contributed by atoms with van der Waals surface area (Å²) in [5.74, 6) is 0. The van der Waals surface area contributed by atoms with Gasteiger partial charge < -0.3 is 35.4 Å². The van der Waals surface area contributed by atoms with Crippen molar-refractivity contribution in [3.8, 4) is 0 Å². The van der Waals surface area contributed by atoms with E-state index in [-0.39, 0.29) is 0 Å². The number of epoxide rings is 2. The monoisotopic (exact) mass is 706 g/mol. The molecule has 3 heterocycles. The van der Waals surface area contributed by atoms with Crippen LogP contribution in [0.3, 0.4) is 0 Å². The van der Waals surface area contributed by atoms with Crippen molar-refractivity contribution in [3.63, 3.8) is 0 Å². The Morgan fingerprint density at radius 2 is 0.800 bits per heavy atom. The van der Waals surface area contributed by atoms with E-state index in [2.05, 4.69) is 39.7 Å². The van der Waals surface area contributed by atoms with Crippen LogP contribution in [-0.2, 0) is 35.4 Å². The fourth-order valence-electron chi connectivity index (χ4n) is 6.73. The molecule has 8 nitrogen and oxygen atoms in total. The van der Waals surface area contributed by atoms with E-state index in [9.17, 15) is 0 Å². The SMILES string of the molecule is CCCCCCCCCCCCCCCC[Si]1(C)O[Si](C)(C)O[Si](C)(CCCOCC2CO2)O[Si](C)(CCCOCC2CO2)O1. The molecule has 3 rings (SSSR count). The second kappa shape index (κ2) is 20.9. The summed E-state index contributed by atoms with van der Waals surface area (Å²) in [5, 5.41) is 0. The first-order valence-electron chi connectivity index (χ1n) is 18.7. The van der Waals surface area contributed by atoms with E-state index < -0.39 is 34.2 Å². The van der Waals surface area contributed by atoms with E-state index in [4.69, 9.17) is 35.4 Å². The first-order chi connectivity index (χ1) is 21.5. The molecule has 45 heavy (non-hydrogen) atoms. The maximum Gasteiger partial charge on any atom is 0.317 e. The van der Waals surface area contributed by atoms with Gasteiger partial charge >= 0.3 is 34.2 Å². The molecule has 266 valence electrons. The molecule has 3 fully saturated rings. The molecular formula is C33H70O8Si4. The van der Waals surface area contributed by atoms with Gasteiger partial charge in [0.15, 0.2) is 0 Å². The van der Waals surface area contributed by atoms with Gasteiger partial charge in [0, 0.05) is 13.2 Å². The molecule has 0 amide bonds. The van der Waals surface area contributed by atoms with Crippen molar-refractivity contribution in [1.82, 2.24) is 0 Å². The molecule has 0 aliphatic carbocycles. The smallest absolute Gasteiger partial charge is 0.317 e. The van der Waals surface area contributed by atoms with Gasteiger partial charge in [-0.3, -0.25) is 0 Å². The van der Waals surface area contributed by atoms with Crippen molar-refractivity contribution in [1.29, 1.82) is 0 Å². The lowest BCUT2D eigenvalue weighted by atomic mass is 10.0. The molecule has 3 aliphatic rings. The predicted octanol–water partition coefficient (Wildman–Crippen LogP) is 9.08. The highest BCUT2D eigenvalue weighted by Gasteiger charge is 2.55. The molecular weight excluding hydrogens is 637 g/mol. The summed E-state index contributed by atoms with van der Waals surface area (Å²) in [6, 6.07) is 2.80. The zero-order valence-electron chi connectivity index (χ0n) is 30.1. The van der Waals surface area contributed by atoms with Gasteiger partial charge in [-0.25, -0.2) is 0 Å². The van der Waals surface area contributed by atoms with E-state index >= 15 is 0 Å². The van der Waals surface area contributed by atoms with Crippen molar-refractivity contribution < 1.29 is 35.4 Å². The maximum absolute atomic E-state index is 7.21. The van der Waals surface area contributed by atoms with Gasteiger partial charge in [0.05, 0.1) is 26.4 Å². The molecule has 0 saturated carbocycles. The maximum atomic E-state index is 7.21. The van der Waals surface area contributed by atoms with E-state index in [1.54, 1.807) is 0 Å². The van der Waals surface area contributed by atoms with Crippen LogP contribution in [0.5, 0.6) is 0 Å². The Kier molecular flexibility index (Phi) is 18.6. The molecule has 0 radical (unpaired) electrons. The minimum Gasteiger partial charge on any atom is -0.416 e. The minimum atomic E-state index is -2.57. The van der Waals surface area contributed by atoms with Crippen molar-refractivity contribution >= 4 is 34.2 Å². The molecule has 0 aromatic carbocycles. The van der Waals surface area contributed by atoms with Gasteiger partial charge in [-0.15, -0.1) is 0 Å². The average molecular weight is 707 g/mol. The zero-order valence-corrected chi connectivity index (χ0v) is 34.1. The fourth-order valence-corrected chi connectivity index (χ4v) is 29.4. The molecule has 3 aliphatic heterocycles. The molecule has 0 aromatic rings. The third-order valence-electron chi connectivity index (χ3n) is 9.02. The van der Waals surface area contributed by atoms with Gasteiger partial charge in [0.1, 0.15) is 12.2 Å². The third-order valence-corrected chi connectivity index (χ3v) is 27.1. The second-order valence-corrected chi connectivity index (χ2v) is 29.2. The minimum absolute atomic E-state index is 0.297. The quantitative estimate of drug-likeness (QED) is 0.0476. The zero-order chi connectivity index (χ0) is 32.5. The molecule has 0 N–H and O–H groups in total. The van der Waals surface area contributed by atoms with Gasteiger partial charge in [-0.1, -0.05) is 96.8 Å². The first-order valence-corrected chi connectivity index (χ1v) is 29.1. The summed E-state index contributed by atoms with van der Waals surface area (Å²) in [5.41, 5.74) is 0. The van der Waals surface area contributed by atoms with Crippen LogP contribution in [0.2, 0.25) is 50.9 Å². The van der Waals surface area contributed by atoms with Crippen LogP contribution in [0.1, 0.15) is 110 Å². The number of unbranched alkanes of at least 4 members (excludes halogenated alkanes) is 13. The summed E-state index contributed by atoms with van der Waals surface area (Å²) in [6.07, 6.45) is 21.6.